The number of nitrogens with zero attached hydrogens (tertiary/aromatic N) is 5. The van der Waals surface area contributed by atoms with E-state index in [1.807, 2.05) is 0 Å². The van der Waals surface area contributed by atoms with Crippen LogP contribution in [0.4, 0.5) is 10.1 Å². The molecule has 2 aromatic heterocycles. The van der Waals surface area contributed by atoms with Crippen molar-refractivity contribution in [3.05, 3.63) is 72.3 Å². The van der Waals surface area contributed by atoms with Crippen LogP contribution < -0.4 is 5.32 Å². The zero-order chi connectivity index (χ0) is 20.2. The number of aliphatic hydroxyl groups excluding tert-OH is 1. The molecule has 1 amide bonds. The molecule has 0 aliphatic carbocycles. The summed E-state index contributed by atoms with van der Waals surface area (Å²) in [5.74, 6) is -0.854. The number of aromatic nitrogens is 4. The second-order valence-electron chi connectivity index (χ2n) is 7.08. The lowest BCUT2D eigenvalue weighted by Crippen LogP contribution is -2.31. The SMILES string of the molecule is O=C(Nc1cnn([C@H]2C[C@@H](CO)N(Cc3cncnc3)C2)c1)c1cccc(F)c1. The number of carbonyl (C=O) groups excluding carboxylic acids is 1. The maximum atomic E-state index is 13.3. The molecule has 2 atom stereocenters. The van der Waals surface area contributed by atoms with E-state index >= 15 is 0 Å². The van der Waals surface area contributed by atoms with E-state index in [2.05, 4.69) is 25.3 Å². The van der Waals surface area contributed by atoms with Crippen LogP contribution in [0.1, 0.15) is 28.4 Å². The van der Waals surface area contributed by atoms with E-state index in [0.717, 1.165) is 12.0 Å². The van der Waals surface area contributed by atoms with Crippen LogP contribution in [-0.4, -0.2) is 54.9 Å². The van der Waals surface area contributed by atoms with Gasteiger partial charge in [-0.15, -0.1) is 0 Å². The number of likely N-dealkylation sites (tertiary alicyclic amines) is 1. The van der Waals surface area contributed by atoms with E-state index < -0.39 is 11.7 Å². The Hall–Kier alpha value is -3.17. The minimum Gasteiger partial charge on any atom is -0.395 e. The molecule has 1 aromatic carbocycles. The standard InChI is InChI=1S/C20H21FN6O2/c21-16-3-1-2-15(4-16)20(29)25-17-8-24-27(10-17)18-5-19(12-28)26(11-18)9-14-6-22-13-23-7-14/h1-4,6-8,10,13,18-19,28H,5,9,11-12H2,(H,25,29)/t18-,19-/m0/s1. The molecular formula is C20H21FN6O2. The maximum Gasteiger partial charge on any atom is 0.255 e. The van der Waals surface area contributed by atoms with E-state index in [9.17, 15) is 14.3 Å². The summed E-state index contributed by atoms with van der Waals surface area (Å²) in [6.07, 6.45) is 9.09. The van der Waals surface area contributed by atoms with Gasteiger partial charge in [-0.1, -0.05) is 6.07 Å². The van der Waals surface area contributed by atoms with Gasteiger partial charge in [-0.25, -0.2) is 14.4 Å². The fraction of sp³-hybridized carbons (Fsp3) is 0.300. The Bertz CT molecular complexity index is 980. The first kappa shape index (κ1) is 19.2. The van der Waals surface area contributed by atoms with E-state index in [1.54, 1.807) is 35.5 Å². The molecule has 1 aliphatic heterocycles. The van der Waals surface area contributed by atoms with E-state index in [-0.39, 0.29) is 24.3 Å². The van der Waals surface area contributed by atoms with E-state index in [0.29, 0.717) is 18.8 Å². The Morgan fingerprint density at radius 2 is 2.10 bits per heavy atom. The highest BCUT2D eigenvalue weighted by molar-refractivity contribution is 6.04. The second kappa shape index (κ2) is 8.46. The van der Waals surface area contributed by atoms with Crippen molar-refractivity contribution < 1.29 is 14.3 Å². The zero-order valence-electron chi connectivity index (χ0n) is 15.6. The van der Waals surface area contributed by atoms with Crippen LogP contribution in [0.3, 0.4) is 0 Å². The normalized spacial score (nSPS) is 19.4. The van der Waals surface area contributed by atoms with Crippen molar-refractivity contribution in [1.29, 1.82) is 0 Å². The Morgan fingerprint density at radius 1 is 1.28 bits per heavy atom. The molecule has 9 heteroatoms. The summed E-state index contributed by atoms with van der Waals surface area (Å²) >= 11 is 0. The van der Waals surface area contributed by atoms with Crippen molar-refractivity contribution in [3.63, 3.8) is 0 Å². The Morgan fingerprint density at radius 3 is 2.86 bits per heavy atom. The lowest BCUT2D eigenvalue weighted by molar-refractivity contribution is 0.102. The molecule has 3 aromatic rings. The lowest BCUT2D eigenvalue weighted by Gasteiger charge is -2.21. The molecule has 1 saturated heterocycles. The fourth-order valence-electron chi connectivity index (χ4n) is 3.61. The molecule has 0 saturated carbocycles. The number of nitrogens with one attached hydrogen (secondary N) is 1. The number of benzene rings is 1. The number of halogens is 1. The van der Waals surface area contributed by atoms with Crippen molar-refractivity contribution >= 4 is 11.6 Å². The molecular weight excluding hydrogens is 375 g/mol. The summed E-state index contributed by atoms with van der Waals surface area (Å²) in [4.78, 5) is 22.5. The molecule has 1 aliphatic rings. The number of carbonyl (C=O) groups is 1. The van der Waals surface area contributed by atoms with Crippen LogP contribution in [0.25, 0.3) is 0 Å². The predicted octanol–water partition coefficient (Wildman–Crippen LogP) is 1.87. The molecule has 0 radical (unpaired) electrons. The zero-order valence-corrected chi connectivity index (χ0v) is 15.6. The maximum absolute atomic E-state index is 13.3. The molecule has 150 valence electrons. The van der Waals surface area contributed by atoms with Crippen molar-refractivity contribution in [1.82, 2.24) is 24.6 Å². The van der Waals surface area contributed by atoms with E-state index in [1.165, 1.54) is 24.5 Å². The number of amides is 1. The van der Waals surface area contributed by atoms with Gasteiger partial charge in [0.25, 0.3) is 5.91 Å². The first-order valence-corrected chi connectivity index (χ1v) is 9.32. The number of aliphatic hydroxyl groups is 1. The third-order valence-corrected chi connectivity index (χ3v) is 5.04. The van der Waals surface area contributed by atoms with Gasteiger partial charge >= 0.3 is 0 Å². The van der Waals surface area contributed by atoms with Crippen LogP contribution in [0.5, 0.6) is 0 Å². The summed E-state index contributed by atoms with van der Waals surface area (Å²) in [7, 11) is 0. The average molecular weight is 396 g/mol. The van der Waals surface area contributed by atoms with Gasteiger partial charge in [0.2, 0.25) is 0 Å². The molecule has 8 nitrogen and oxygen atoms in total. The second-order valence-corrected chi connectivity index (χ2v) is 7.08. The minimum atomic E-state index is -0.460. The van der Waals surface area contributed by atoms with Crippen LogP contribution in [0.15, 0.2) is 55.4 Å². The van der Waals surface area contributed by atoms with Crippen LogP contribution >= 0.6 is 0 Å². The fourth-order valence-corrected chi connectivity index (χ4v) is 3.61. The van der Waals surface area contributed by atoms with Gasteiger partial charge in [-0.3, -0.25) is 14.4 Å². The van der Waals surface area contributed by atoms with Gasteiger partial charge in [0.1, 0.15) is 12.1 Å². The molecule has 0 bridgehead atoms. The molecule has 4 rings (SSSR count). The first-order chi connectivity index (χ1) is 14.1. The largest absolute Gasteiger partial charge is 0.395 e. The summed E-state index contributed by atoms with van der Waals surface area (Å²) in [5, 5.41) is 16.9. The summed E-state index contributed by atoms with van der Waals surface area (Å²) < 4.78 is 15.1. The van der Waals surface area contributed by atoms with Gasteiger partial charge in [0.05, 0.1) is 24.5 Å². The lowest BCUT2D eigenvalue weighted by atomic mass is 10.2. The Labute approximate surface area is 167 Å². The smallest absolute Gasteiger partial charge is 0.255 e. The average Bonchev–Trinajstić information content (AvgIpc) is 3.35. The third kappa shape index (κ3) is 4.47. The van der Waals surface area contributed by atoms with Gasteiger partial charge in [0.15, 0.2) is 0 Å². The first-order valence-electron chi connectivity index (χ1n) is 9.32. The summed E-state index contributed by atoms with van der Waals surface area (Å²) in [5.41, 5.74) is 1.76. The predicted molar refractivity (Wildman–Crippen MR) is 104 cm³/mol. The van der Waals surface area contributed by atoms with Crippen molar-refractivity contribution in [2.45, 2.75) is 25.0 Å². The highest BCUT2D eigenvalue weighted by Gasteiger charge is 2.33. The van der Waals surface area contributed by atoms with Crippen molar-refractivity contribution in [2.24, 2.45) is 0 Å². The van der Waals surface area contributed by atoms with Crippen LogP contribution in [0, 0.1) is 5.82 Å². The Balaban J connectivity index is 1.42. The molecule has 1 fully saturated rings. The third-order valence-electron chi connectivity index (χ3n) is 5.04. The van der Waals surface area contributed by atoms with Gasteiger partial charge in [-0.2, -0.15) is 5.10 Å². The summed E-state index contributed by atoms with van der Waals surface area (Å²) in [6.45, 7) is 1.40. The monoisotopic (exact) mass is 396 g/mol. The number of hydrogen-bond acceptors (Lipinski definition) is 6. The van der Waals surface area contributed by atoms with E-state index in [4.69, 9.17) is 0 Å². The Kier molecular flexibility index (Phi) is 5.59. The molecule has 2 N–H and O–H groups in total. The quantitative estimate of drug-likeness (QED) is 0.660. The molecule has 0 spiro atoms. The summed E-state index contributed by atoms with van der Waals surface area (Å²) in [6, 6.07) is 5.60. The highest BCUT2D eigenvalue weighted by atomic mass is 19.1. The number of rotatable bonds is 6. The van der Waals surface area contributed by atoms with Crippen molar-refractivity contribution in [3.8, 4) is 0 Å². The van der Waals surface area contributed by atoms with Crippen molar-refractivity contribution in [2.75, 3.05) is 18.5 Å². The number of anilines is 1. The van der Waals surface area contributed by atoms with Crippen LogP contribution in [0.2, 0.25) is 0 Å². The van der Waals surface area contributed by atoms with Gasteiger partial charge in [-0.05, 0) is 24.6 Å². The molecule has 29 heavy (non-hydrogen) atoms. The topological polar surface area (TPSA) is 96.2 Å². The van der Waals surface area contributed by atoms with Crippen LogP contribution in [-0.2, 0) is 6.54 Å². The van der Waals surface area contributed by atoms with Gasteiger partial charge in [0, 0.05) is 48.8 Å². The minimum absolute atomic E-state index is 0.00902. The molecule has 0 unspecified atom stereocenters. The molecule has 3 heterocycles. The highest BCUT2D eigenvalue weighted by Crippen LogP contribution is 2.29. The number of hydrogen-bond donors (Lipinski definition) is 2. The van der Waals surface area contributed by atoms with Gasteiger partial charge < -0.3 is 10.4 Å².